The Morgan fingerprint density at radius 2 is 1.27 bits per heavy atom. The van der Waals surface area contributed by atoms with Gasteiger partial charge < -0.3 is 9.55 Å². The van der Waals surface area contributed by atoms with Crippen LogP contribution in [0.4, 0.5) is 11.4 Å². The van der Waals surface area contributed by atoms with Crippen molar-refractivity contribution in [1.29, 1.82) is 0 Å². The van der Waals surface area contributed by atoms with E-state index < -0.39 is 0 Å². The molecule has 0 spiro atoms. The molecule has 7 aromatic rings. The number of benzene rings is 4. The van der Waals surface area contributed by atoms with Crippen LogP contribution in [0.2, 0.25) is 0 Å². The average Bonchev–Trinajstić information content (AvgIpc) is 3.35. The number of nitrogens with zero attached hydrogens (tertiary/aromatic N) is 4. The minimum atomic E-state index is -0.0277. The van der Waals surface area contributed by atoms with Crippen LogP contribution in [-0.2, 0) is 27.2 Å². The van der Waals surface area contributed by atoms with E-state index >= 15 is 0 Å². The Morgan fingerprint density at radius 3 is 1.98 bits per heavy atom. The Labute approximate surface area is 284 Å². The molecule has 0 saturated heterocycles. The third-order valence-electron chi connectivity index (χ3n) is 7.86. The first kappa shape index (κ1) is 31.0. The van der Waals surface area contributed by atoms with Gasteiger partial charge in [0.1, 0.15) is 0 Å². The summed E-state index contributed by atoms with van der Waals surface area (Å²) in [5, 5.41) is 2.53. The number of aromatic nitrogens is 3. The number of pyridine rings is 2. The first-order valence-corrected chi connectivity index (χ1v) is 16.5. The Morgan fingerprint density at radius 1 is 0.644 bits per heavy atom. The molecular formula is C39H32IrN4Se-2. The van der Waals surface area contributed by atoms with Crippen molar-refractivity contribution < 1.29 is 20.1 Å². The van der Waals surface area contributed by atoms with E-state index in [0.29, 0.717) is 15.0 Å². The zero-order valence-corrected chi connectivity index (χ0v) is 29.7. The number of anilines is 2. The van der Waals surface area contributed by atoms with Gasteiger partial charge in [-0.2, -0.15) is 0 Å². The normalized spacial score (nSPS) is 12.1. The molecule has 6 heteroatoms. The van der Waals surface area contributed by atoms with Crippen molar-refractivity contribution >= 4 is 57.1 Å². The summed E-state index contributed by atoms with van der Waals surface area (Å²) in [5.41, 5.74) is 9.08. The molecule has 0 saturated carbocycles. The predicted octanol–water partition coefficient (Wildman–Crippen LogP) is 7.64. The third kappa shape index (κ3) is 5.76. The zero-order chi connectivity index (χ0) is 30.3. The molecule has 45 heavy (non-hydrogen) atoms. The minimum Gasteiger partial charge on any atom is -0.383 e. The van der Waals surface area contributed by atoms with Crippen LogP contribution in [0.15, 0.2) is 122 Å². The smallest absolute Gasteiger partial charge is 0.0389 e. The number of hydrogen-bond acceptors (Lipinski definition) is 3. The average molecular weight is 828 g/mol. The molecule has 4 heterocycles. The molecule has 3 aromatic heterocycles. The van der Waals surface area contributed by atoms with Crippen LogP contribution in [0, 0.1) is 12.1 Å². The minimum absolute atomic E-state index is 0. The molecule has 0 atom stereocenters. The van der Waals surface area contributed by atoms with E-state index in [9.17, 15) is 0 Å². The van der Waals surface area contributed by atoms with Crippen LogP contribution in [0.1, 0.15) is 20.8 Å². The predicted molar refractivity (Wildman–Crippen MR) is 184 cm³/mol. The second-order valence-corrected chi connectivity index (χ2v) is 14.0. The molecule has 1 aliphatic heterocycles. The first-order chi connectivity index (χ1) is 21.4. The van der Waals surface area contributed by atoms with Crippen LogP contribution in [0.5, 0.6) is 0 Å². The molecule has 4 aromatic carbocycles. The SMILES string of the molecule is CC(C)(C)N1c2ccccc2[Se]c2cc[c-]c(-c3ccccn3)c21.Cn1c2ccccc2c2cc[c-]c(-c3ccccn3)c21.[Ir]. The van der Waals surface area contributed by atoms with Gasteiger partial charge in [0.25, 0.3) is 0 Å². The van der Waals surface area contributed by atoms with Gasteiger partial charge in [-0.15, -0.1) is 23.8 Å². The summed E-state index contributed by atoms with van der Waals surface area (Å²) in [7, 11) is 2.10. The fraction of sp³-hybridized carbons (Fsp3) is 0.128. The molecule has 8 rings (SSSR count). The van der Waals surface area contributed by atoms with Crippen LogP contribution in [0.3, 0.4) is 0 Å². The van der Waals surface area contributed by atoms with Gasteiger partial charge in [0, 0.05) is 38.9 Å². The second-order valence-electron chi connectivity index (χ2n) is 11.8. The zero-order valence-electron chi connectivity index (χ0n) is 25.6. The Bertz CT molecular complexity index is 2100. The quantitative estimate of drug-likeness (QED) is 0.133. The molecule has 0 amide bonds. The van der Waals surface area contributed by atoms with Gasteiger partial charge in [-0.25, -0.2) is 0 Å². The molecule has 0 unspecified atom stereocenters. The maximum absolute atomic E-state index is 4.58. The van der Waals surface area contributed by atoms with Crippen LogP contribution >= 0.6 is 0 Å². The maximum atomic E-state index is 4.58. The fourth-order valence-electron chi connectivity index (χ4n) is 6.02. The standard InChI is InChI=1S/C21H19N2Se.C18H13N2.Ir/c1-21(2,3)23-17-11-4-5-12-18(17)24-19-13-8-9-15(20(19)23)16-10-6-7-14-22-16;1-20-17-11-3-2-7-13(17)14-8-6-9-15(18(14)20)16-10-4-5-12-19-16;/h4-8,10-14H,1-3H3;2-8,10-12H,1H3;/q2*-1;. The van der Waals surface area contributed by atoms with Crippen LogP contribution < -0.4 is 13.8 Å². The van der Waals surface area contributed by atoms with E-state index in [2.05, 4.69) is 126 Å². The monoisotopic (exact) mass is 829 g/mol. The summed E-state index contributed by atoms with van der Waals surface area (Å²) in [6.07, 6.45) is 3.68. The molecule has 1 aliphatic rings. The number of rotatable bonds is 2. The third-order valence-corrected chi connectivity index (χ3v) is 10.2. The molecule has 1 radical (unpaired) electrons. The van der Waals surface area contributed by atoms with Crippen molar-refractivity contribution in [2.45, 2.75) is 26.3 Å². The summed E-state index contributed by atoms with van der Waals surface area (Å²) < 4.78 is 5.06. The summed E-state index contributed by atoms with van der Waals surface area (Å²) >= 11 is 0.298. The number of fused-ring (bicyclic) bond motifs is 5. The summed E-state index contributed by atoms with van der Waals surface area (Å²) in [6, 6.07) is 44.5. The molecule has 0 fully saturated rings. The largest absolute Gasteiger partial charge is 0.383 e. The molecule has 0 N–H and O–H groups in total. The van der Waals surface area contributed by atoms with Gasteiger partial charge in [0.2, 0.25) is 0 Å². The number of aryl methyl sites for hydroxylation is 1. The molecular weight excluding hydrogens is 796 g/mol. The summed E-state index contributed by atoms with van der Waals surface area (Å²) in [6.45, 7) is 6.79. The van der Waals surface area contributed by atoms with Crippen molar-refractivity contribution in [3.63, 3.8) is 0 Å². The molecule has 0 aliphatic carbocycles. The molecule has 0 bridgehead atoms. The van der Waals surface area contributed by atoms with Crippen molar-refractivity contribution in [2.24, 2.45) is 7.05 Å². The number of hydrogen-bond donors (Lipinski definition) is 0. The molecule has 4 nitrogen and oxygen atoms in total. The topological polar surface area (TPSA) is 34.0 Å². The van der Waals surface area contributed by atoms with Gasteiger partial charge in [-0.1, -0.05) is 35.7 Å². The van der Waals surface area contributed by atoms with E-state index in [1.54, 1.807) is 0 Å². The number of para-hydroxylation sites is 2. The van der Waals surface area contributed by atoms with Gasteiger partial charge >= 0.3 is 150 Å². The molecule has 225 valence electrons. The van der Waals surface area contributed by atoms with Gasteiger partial charge in [0.15, 0.2) is 0 Å². The fourth-order valence-corrected chi connectivity index (χ4v) is 8.27. The van der Waals surface area contributed by atoms with E-state index in [-0.39, 0.29) is 25.6 Å². The Hall–Kier alpha value is -4.05. The van der Waals surface area contributed by atoms with Crippen molar-refractivity contribution in [1.82, 2.24) is 14.5 Å². The first-order valence-electron chi connectivity index (χ1n) is 14.7. The van der Waals surface area contributed by atoms with Gasteiger partial charge in [-0.3, -0.25) is 0 Å². The van der Waals surface area contributed by atoms with Gasteiger partial charge in [-0.05, 0) is 28.7 Å². The van der Waals surface area contributed by atoms with Crippen molar-refractivity contribution in [3.8, 4) is 22.5 Å². The van der Waals surface area contributed by atoms with E-state index in [1.165, 1.54) is 42.1 Å². The summed E-state index contributed by atoms with van der Waals surface area (Å²) in [5.74, 6) is 0. The van der Waals surface area contributed by atoms with Crippen molar-refractivity contribution in [3.05, 3.63) is 134 Å². The van der Waals surface area contributed by atoms with Crippen LogP contribution in [0.25, 0.3) is 44.3 Å². The van der Waals surface area contributed by atoms with Gasteiger partial charge in [0.05, 0.1) is 0 Å². The van der Waals surface area contributed by atoms with E-state index in [1.807, 2.05) is 54.9 Å². The second kappa shape index (κ2) is 12.7. The summed E-state index contributed by atoms with van der Waals surface area (Å²) in [4.78, 5) is 11.5. The van der Waals surface area contributed by atoms with Crippen molar-refractivity contribution in [2.75, 3.05) is 4.90 Å². The van der Waals surface area contributed by atoms with Crippen LogP contribution in [-0.4, -0.2) is 35.0 Å². The van der Waals surface area contributed by atoms with E-state index in [4.69, 9.17) is 0 Å². The van der Waals surface area contributed by atoms with E-state index in [0.717, 1.165) is 22.5 Å². The Balaban J connectivity index is 0.000000158. The Kier molecular flexibility index (Phi) is 8.77. The maximum Gasteiger partial charge on any atom is 0.0389 e.